The average Bonchev–Trinajstić information content (AvgIpc) is 3.12. The van der Waals surface area contributed by atoms with Crippen molar-refractivity contribution >= 4 is 33.1 Å². The third-order valence-electron chi connectivity index (χ3n) is 4.14. The number of thiophene rings is 1. The standard InChI is InChI=1S/C20H17N5S/c1-13-5-7-15(8-6-13)17-11-26-20-18(17)19(22-12-23-20)25-24-14(2)16-4-3-9-21-10-16/h3-12H,1-2H3,(H,22,23,25)/b24-14-. The first kappa shape index (κ1) is 16.4. The van der Waals surface area contributed by atoms with Crippen LogP contribution in [0.1, 0.15) is 18.1 Å². The Bertz CT molecular complexity index is 1070. The molecule has 0 atom stereocenters. The van der Waals surface area contributed by atoms with Gasteiger partial charge in [0.15, 0.2) is 5.82 Å². The molecular weight excluding hydrogens is 342 g/mol. The Balaban J connectivity index is 1.74. The number of benzene rings is 1. The molecule has 0 fully saturated rings. The Morgan fingerprint density at radius 3 is 2.73 bits per heavy atom. The highest BCUT2D eigenvalue weighted by Gasteiger charge is 2.13. The molecule has 1 N–H and O–H groups in total. The Morgan fingerprint density at radius 1 is 1.12 bits per heavy atom. The molecule has 0 aliphatic heterocycles. The van der Waals surface area contributed by atoms with Crippen LogP contribution >= 0.6 is 11.3 Å². The molecule has 0 unspecified atom stereocenters. The molecule has 5 nitrogen and oxygen atoms in total. The van der Waals surface area contributed by atoms with Gasteiger partial charge in [0.25, 0.3) is 0 Å². The first-order valence-corrected chi connectivity index (χ1v) is 9.10. The average molecular weight is 359 g/mol. The summed E-state index contributed by atoms with van der Waals surface area (Å²) in [5.41, 5.74) is 8.42. The van der Waals surface area contributed by atoms with Gasteiger partial charge in [0.05, 0.1) is 11.1 Å². The second-order valence-electron chi connectivity index (χ2n) is 5.97. The molecule has 0 spiro atoms. The maximum Gasteiger partial charge on any atom is 0.159 e. The Hall–Kier alpha value is -3.12. The van der Waals surface area contributed by atoms with E-state index in [2.05, 4.69) is 62.0 Å². The monoisotopic (exact) mass is 359 g/mol. The lowest BCUT2D eigenvalue weighted by Crippen LogP contribution is -2.01. The lowest BCUT2D eigenvalue weighted by atomic mass is 10.0. The van der Waals surface area contributed by atoms with Crippen LogP contribution in [0.4, 0.5) is 5.82 Å². The highest BCUT2D eigenvalue weighted by molar-refractivity contribution is 7.17. The van der Waals surface area contributed by atoms with Crippen LogP contribution in [0.5, 0.6) is 0 Å². The molecule has 0 radical (unpaired) electrons. The van der Waals surface area contributed by atoms with E-state index in [1.807, 2.05) is 19.1 Å². The van der Waals surface area contributed by atoms with E-state index in [0.29, 0.717) is 5.82 Å². The number of fused-ring (bicyclic) bond motifs is 1. The molecule has 0 bridgehead atoms. The normalized spacial score (nSPS) is 11.7. The summed E-state index contributed by atoms with van der Waals surface area (Å²) in [4.78, 5) is 13.9. The summed E-state index contributed by atoms with van der Waals surface area (Å²) in [6.07, 6.45) is 5.10. The molecule has 0 aliphatic carbocycles. The zero-order valence-electron chi connectivity index (χ0n) is 14.5. The van der Waals surface area contributed by atoms with E-state index < -0.39 is 0 Å². The minimum atomic E-state index is 0.704. The molecule has 0 saturated carbocycles. The minimum absolute atomic E-state index is 0.704. The molecule has 0 saturated heterocycles. The zero-order valence-corrected chi connectivity index (χ0v) is 15.3. The van der Waals surface area contributed by atoms with Gasteiger partial charge in [-0.2, -0.15) is 5.10 Å². The first-order valence-electron chi connectivity index (χ1n) is 8.22. The van der Waals surface area contributed by atoms with Crippen molar-refractivity contribution < 1.29 is 0 Å². The molecule has 1 aromatic carbocycles. The Kier molecular flexibility index (Phi) is 4.41. The van der Waals surface area contributed by atoms with E-state index >= 15 is 0 Å². The molecular formula is C20H17N5S. The van der Waals surface area contributed by atoms with Gasteiger partial charge in [0.2, 0.25) is 0 Å². The smallest absolute Gasteiger partial charge is 0.159 e. The number of nitrogens with zero attached hydrogens (tertiary/aromatic N) is 4. The number of nitrogens with one attached hydrogen (secondary N) is 1. The predicted octanol–water partition coefficient (Wildman–Crippen LogP) is 4.90. The number of aryl methyl sites for hydroxylation is 1. The zero-order chi connectivity index (χ0) is 17.9. The van der Waals surface area contributed by atoms with Gasteiger partial charge in [-0.3, -0.25) is 10.4 Å². The Labute approximate surface area is 155 Å². The van der Waals surface area contributed by atoms with Crippen LogP contribution in [-0.2, 0) is 0 Å². The van der Waals surface area contributed by atoms with Crippen LogP contribution in [0.2, 0.25) is 0 Å². The van der Waals surface area contributed by atoms with Crippen LogP contribution in [0.25, 0.3) is 21.3 Å². The number of pyridine rings is 1. The van der Waals surface area contributed by atoms with Crippen molar-refractivity contribution in [3.8, 4) is 11.1 Å². The molecule has 4 aromatic rings. The van der Waals surface area contributed by atoms with E-state index in [4.69, 9.17) is 0 Å². The quantitative estimate of drug-likeness (QED) is 0.416. The Morgan fingerprint density at radius 2 is 1.96 bits per heavy atom. The van der Waals surface area contributed by atoms with E-state index in [1.165, 1.54) is 5.56 Å². The topological polar surface area (TPSA) is 63.1 Å². The summed E-state index contributed by atoms with van der Waals surface area (Å²) in [7, 11) is 0. The van der Waals surface area contributed by atoms with E-state index in [9.17, 15) is 0 Å². The third-order valence-corrected chi connectivity index (χ3v) is 5.03. The van der Waals surface area contributed by atoms with Gasteiger partial charge < -0.3 is 0 Å². The van der Waals surface area contributed by atoms with Gasteiger partial charge in [-0.1, -0.05) is 35.9 Å². The van der Waals surface area contributed by atoms with Crippen LogP contribution < -0.4 is 5.43 Å². The number of hydrazone groups is 1. The lowest BCUT2D eigenvalue weighted by molar-refractivity contribution is 1.18. The molecule has 0 aliphatic rings. The van der Waals surface area contributed by atoms with Crippen molar-refractivity contribution in [2.45, 2.75) is 13.8 Å². The third kappa shape index (κ3) is 3.19. The highest BCUT2D eigenvalue weighted by Crippen LogP contribution is 2.36. The van der Waals surface area contributed by atoms with Crippen LogP contribution in [0, 0.1) is 6.92 Å². The van der Waals surface area contributed by atoms with Crippen LogP contribution in [0.15, 0.2) is 65.6 Å². The number of rotatable bonds is 4. The van der Waals surface area contributed by atoms with Gasteiger partial charge in [0.1, 0.15) is 11.2 Å². The maximum absolute atomic E-state index is 4.48. The van der Waals surface area contributed by atoms with Crippen LogP contribution in [-0.4, -0.2) is 20.7 Å². The summed E-state index contributed by atoms with van der Waals surface area (Å²) < 4.78 is 0. The van der Waals surface area contributed by atoms with E-state index in [-0.39, 0.29) is 0 Å². The molecule has 0 amide bonds. The van der Waals surface area contributed by atoms with Crippen LogP contribution in [0.3, 0.4) is 0 Å². The molecule has 26 heavy (non-hydrogen) atoms. The lowest BCUT2D eigenvalue weighted by Gasteiger charge is -2.06. The van der Waals surface area contributed by atoms with Crippen molar-refractivity contribution in [2.24, 2.45) is 5.10 Å². The van der Waals surface area contributed by atoms with Crippen molar-refractivity contribution in [1.82, 2.24) is 15.0 Å². The summed E-state index contributed by atoms with van der Waals surface area (Å²) >= 11 is 1.61. The van der Waals surface area contributed by atoms with Gasteiger partial charge in [-0.25, -0.2) is 9.97 Å². The van der Waals surface area contributed by atoms with E-state index in [0.717, 1.165) is 32.6 Å². The molecule has 6 heteroatoms. The fourth-order valence-electron chi connectivity index (χ4n) is 2.68. The fraction of sp³-hybridized carbons (Fsp3) is 0.100. The first-order chi connectivity index (χ1) is 12.7. The summed E-state index contributed by atoms with van der Waals surface area (Å²) in [5.74, 6) is 0.704. The summed E-state index contributed by atoms with van der Waals surface area (Å²) in [5, 5.41) is 7.59. The van der Waals surface area contributed by atoms with Crippen molar-refractivity contribution in [2.75, 3.05) is 5.43 Å². The summed E-state index contributed by atoms with van der Waals surface area (Å²) in [6.45, 7) is 4.03. The highest BCUT2D eigenvalue weighted by atomic mass is 32.1. The largest absolute Gasteiger partial charge is 0.264 e. The molecule has 3 heterocycles. The molecule has 128 valence electrons. The number of hydrogen-bond acceptors (Lipinski definition) is 6. The van der Waals surface area contributed by atoms with Gasteiger partial charge in [-0.05, 0) is 25.5 Å². The summed E-state index contributed by atoms with van der Waals surface area (Å²) in [6, 6.07) is 12.3. The second-order valence-corrected chi connectivity index (χ2v) is 6.83. The fourth-order valence-corrected chi connectivity index (χ4v) is 3.60. The van der Waals surface area contributed by atoms with Crippen molar-refractivity contribution in [3.63, 3.8) is 0 Å². The van der Waals surface area contributed by atoms with Gasteiger partial charge >= 0.3 is 0 Å². The SMILES string of the molecule is C/C(=N/Nc1ncnc2scc(-c3ccc(C)cc3)c12)c1cccnc1. The predicted molar refractivity (Wildman–Crippen MR) is 108 cm³/mol. The van der Waals surface area contributed by atoms with Crippen molar-refractivity contribution in [3.05, 3.63) is 71.6 Å². The molecule has 4 rings (SSSR count). The maximum atomic E-state index is 4.48. The number of aromatic nitrogens is 3. The van der Waals surface area contributed by atoms with Gasteiger partial charge in [-0.15, -0.1) is 11.3 Å². The van der Waals surface area contributed by atoms with Crippen molar-refractivity contribution in [1.29, 1.82) is 0 Å². The van der Waals surface area contributed by atoms with Gasteiger partial charge in [0, 0.05) is 28.9 Å². The minimum Gasteiger partial charge on any atom is -0.264 e. The van der Waals surface area contributed by atoms with E-state index in [1.54, 1.807) is 30.1 Å². The number of anilines is 1. The number of hydrogen-bond donors (Lipinski definition) is 1. The second kappa shape index (κ2) is 7.01. The molecule has 3 aromatic heterocycles.